The second kappa shape index (κ2) is 8.82. The van der Waals surface area contributed by atoms with Gasteiger partial charge in [0.15, 0.2) is 0 Å². The number of aliphatic imine (C=N–C) groups is 1. The Hall–Kier alpha value is -3.46. The third-order valence-electron chi connectivity index (χ3n) is 6.14. The van der Waals surface area contributed by atoms with E-state index in [4.69, 9.17) is 9.73 Å². The number of allylic oxidation sites excluding steroid dienone is 3. The molecular weight excluding hydrogens is 420 g/mol. The second-order valence-corrected chi connectivity index (χ2v) is 8.88. The number of methoxy groups -OCH3 is 1. The molecule has 0 aliphatic carbocycles. The minimum absolute atomic E-state index is 0.252. The van der Waals surface area contributed by atoms with Crippen LogP contribution in [0.25, 0.3) is 5.57 Å². The number of aliphatic hydroxyl groups is 1. The van der Waals surface area contributed by atoms with E-state index < -0.39 is 5.60 Å². The van der Waals surface area contributed by atoms with E-state index in [1.54, 1.807) is 36.3 Å². The van der Waals surface area contributed by atoms with Gasteiger partial charge in [0, 0.05) is 55.7 Å². The van der Waals surface area contributed by atoms with Crippen molar-refractivity contribution in [2.45, 2.75) is 39.2 Å². The molecule has 174 valence electrons. The summed E-state index contributed by atoms with van der Waals surface area (Å²) in [5, 5.41) is 17.4. The lowest BCUT2D eigenvalue weighted by molar-refractivity contribution is 0.0839. The summed E-state index contributed by atoms with van der Waals surface area (Å²) in [5.41, 5.74) is 3.40. The van der Waals surface area contributed by atoms with Crippen molar-refractivity contribution in [2.24, 2.45) is 12.0 Å². The summed E-state index contributed by atoms with van der Waals surface area (Å²) in [6.07, 6.45) is 6.48. The number of carbonyl (C=O) groups excluding carboxylic acids is 1. The molecule has 9 heteroatoms. The SMILES string of the molecule is CO/C(C)=C1\CC(NC(=O)c2ccnc(N3CC[C@@](C)(O)C3)c2)=N\C1=C(\C)c1cnn(C)c1. The van der Waals surface area contributed by atoms with Gasteiger partial charge in [-0.2, -0.15) is 5.10 Å². The number of hydrogen-bond donors (Lipinski definition) is 2. The van der Waals surface area contributed by atoms with Gasteiger partial charge in [-0.3, -0.25) is 9.48 Å². The predicted molar refractivity (Wildman–Crippen MR) is 127 cm³/mol. The van der Waals surface area contributed by atoms with Crippen LogP contribution in [0.5, 0.6) is 0 Å². The minimum Gasteiger partial charge on any atom is -0.501 e. The highest BCUT2D eigenvalue weighted by Gasteiger charge is 2.32. The topological polar surface area (TPSA) is 105 Å². The van der Waals surface area contributed by atoms with Crippen LogP contribution in [0.2, 0.25) is 0 Å². The Balaban J connectivity index is 1.58. The van der Waals surface area contributed by atoms with Crippen LogP contribution in [0.1, 0.15) is 49.5 Å². The van der Waals surface area contributed by atoms with Crippen LogP contribution in [-0.2, 0) is 11.8 Å². The number of amidine groups is 1. The van der Waals surface area contributed by atoms with E-state index in [0.29, 0.717) is 43.1 Å². The van der Waals surface area contributed by atoms with Crippen molar-refractivity contribution in [1.82, 2.24) is 20.1 Å². The van der Waals surface area contributed by atoms with Gasteiger partial charge in [0.1, 0.15) is 11.7 Å². The Morgan fingerprint density at radius 1 is 1.30 bits per heavy atom. The Morgan fingerprint density at radius 2 is 2.09 bits per heavy atom. The van der Waals surface area contributed by atoms with Gasteiger partial charge in [0.2, 0.25) is 0 Å². The highest BCUT2D eigenvalue weighted by Crippen LogP contribution is 2.33. The number of amides is 1. The first-order valence-corrected chi connectivity index (χ1v) is 10.9. The average Bonchev–Trinajstić information content (AvgIpc) is 3.51. The molecule has 1 atom stereocenters. The van der Waals surface area contributed by atoms with Gasteiger partial charge in [0.25, 0.3) is 5.91 Å². The molecule has 2 aromatic rings. The predicted octanol–water partition coefficient (Wildman–Crippen LogP) is 2.66. The van der Waals surface area contributed by atoms with Crippen molar-refractivity contribution in [3.8, 4) is 0 Å². The molecule has 0 spiro atoms. The fourth-order valence-corrected chi connectivity index (χ4v) is 4.12. The van der Waals surface area contributed by atoms with E-state index in [9.17, 15) is 9.90 Å². The molecule has 33 heavy (non-hydrogen) atoms. The molecule has 2 aliphatic rings. The Kier molecular flexibility index (Phi) is 6.07. The third kappa shape index (κ3) is 4.83. The van der Waals surface area contributed by atoms with E-state index in [-0.39, 0.29) is 5.91 Å². The number of ether oxygens (including phenoxy) is 1. The smallest absolute Gasteiger partial charge is 0.256 e. The fourth-order valence-electron chi connectivity index (χ4n) is 4.12. The van der Waals surface area contributed by atoms with Crippen LogP contribution in [0.4, 0.5) is 5.82 Å². The molecule has 2 aliphatic heterocycles. The number of nitrogens with one attached hydrogen (secondary N) is 1. The molecule has 0 aromatic carbocycles. The maximum absolute atomic E-state index is 13.0. The molecular formula is C24H30N6O3. The Bertz CT molecular complexity index is 1170. The van der Waals surface area contributed by atoms with Crippen molar-refractivity contribution >= 4 is 23.1 Å². The highest BCUT2D eigenvalue weighted by molar-refractivity contribution is 6.09. The zero-order valence-electron chi connectivity index (χ0n) is 19.7. The molecule has 2 aromatic heterocycles. The van der Waals surface area contributed by atoms with Crippen molar-refractivity contribution in [3.05, 3.63) is 58.9 Å². The number of nitrogens with zero attached hydrogens (tertiary/aromatic N) is 5. The molecule has 0 saturated carbocycles. The molecule has 1 amide bonds. The van der Waals surface area contributed by atoms with E-state index in [2.05, 4.69) is 15.4 Å². The number of carbonyl (C=O) groups is 1. The number of aryl methyl sites for hydroxylation is 1. The number of rotatable bonds is 4. The summed E-state index contributed by atoms with van der Waals surface area (Å²) in [6.45, 7) is 6.89. The van der Waals surface area contributed by atoms with E-state index in [1.165, 1.54) is 0 Å². The van der Waals surface area contributed by atoms with Gasteiger partial charge in [-0.25, -0.2) is 9.98 Å². The Morgan fingerprint density at radius 3 is 2.73 bits per heavy atom. The largest absolute Gasteiger partial charge is 0.501 e. The molecule has 4 heterocycles. The summed E-state index contributed by atoms with van der Waals surface area (Å²) >= 11 is 0. The summed E-state index contributed by atoms with van der Waals surface area (Å²) < 4.78 is 7.23. The van der Waals surface area contributed by atoms with E-state index >= 15 is 0 Å². The van der Waals surface area contributed by atoms with E-state index in [1.807, 2.05) is 38.9 Å². The number of aromatic nitrogens is 3. The highest BCUT2D eigenvalue weighted by atomic mass is 16.5. The maximum Gasteiger partial charge on any atom is 0.256 e. The van der Waals surface area contributed by atoms with Crippen molar-refractivity contribution in [2.75, 3.05) is 25.1 Å². The molecule has 0 bridgehead atoms. The van der Waals surface area contributed by atoms with Gasteiger partial charge in [0.05, 0.1) is 30.4 Å². The van der Waals surface area contributed by atoms with E-state index in [0.717, 1.165) is 28.2 Å². The molecule has 1 fully saturated rings. The number of pyridine rings is 1. The van der Waals surface area contributed by atoms with Crippen molar-refractivity contribution in [3.63, 3.8) is 0 Å². The van der Waals surface area contributed by atoms with Gasteiger partial charge in [-0.1, -0.05) is 0 Å². The summed E-state index contributed by atoms with van der Waals surface area (Å²) in [4.78, 5) is 24.1. The lowest BCUT2D eigenvalue weighted by atomic mass is 10.0. The summed E-state index contributed by atoms with van der Waals surface area (Å²) in [5.74, 6) is 1.75. The van der Waals surface area contributed by atoms with Crippen molar-refractivity contribution in [1.29, 1.82) is 0 Å². The average molecular weight is 451 g/mol. The lowest BCUT2D eigenvalue weighted by Crippen LogP contribution is -2.31. The molecule has 9 nitrogen and oxygen atoms in total. The van der Waals surface area contributed by atoms with Gasteiger partial charge in [-0.05, 0) is 44.9 Å². The summed E-state index contributed by atoms with van der Waals surface area (Å²) in [6, 6.07) is 3.43. The third-order valence-corrected chi connectivity index (χ3v) is 6.14. The maximum atomic E-state index is 13.0. The Labute approximate surface area is 193 Å². The van der Waals surface area contributed by atoms with Crippen LogP contribution in [0.3, 0.4) is 0 Å². The van der Waals surface area contributed by atoms with Crippen LogP contribution in [0, 0.1) is 0 Å². The van der Waals surface area contributed by atoms with Crippen LogP contribution in [0.15, 0.2) is 52.7 Å². The van der Waals surface area contributed by atoms with Gasteiger partial charge < -0.3 is 20.1 Å². The fraction of sp³-hybridized carbons (Fsp3) is 0.417. The van der Waals surface area contributed by atoms with Gasteiger partial charge in [-0.15, -0.1) is 0 Å². The molecule has 0 unspecified atom stereocenters. The van der Waals surface area contributed by atoms with Crippen LogP contribution >= 0.6 is 0 Å². The lowest BCUT2D eigenvalue weighted by Gasteiger charge is -2.20. The second-order valence-electron chi connectivity index (χ2n) is 8.88. The normalized spacial score (nSPS) is 23.5. The standard InChI is InChI=1S/C24H30N6O3/c1-15(18-12-26-29(4)13-18)22-19(16(2)33-5)11-20(27-22)28-23(31)17-6-8-25-21(10-17)30-9-7-24(3,32)14-30/h6,8,10,12-13,32H,7,9,11,14H2,1-5H3,(H,27,28,31)/b19-16+,22-15-/t24-/m1/s1. The quantitative estimate of drug-likeness (QED) is 0.694. The first-order valence-electron chi connectivity index (χ1n) is 10.9. The monoisotopic (exact) mass is 450 g/mol. The zero-order chi connectivity index (χ0) is 23.8. The van der Waals surface area contributed by atoms with Gasteiger partial charge >= 0.3 is 0 Å². The van der Waals surface area contributed by atoms with Crippen LogP contribution < -0.4 is 10.2 Å². The van der Waals surface area contributed by atoms with Crippen LogP contribution in [-0.4, -0.2) is 57.4 Å². The molecule has 1 saturated heterocycles. The minimum atomic E-state index is -0.741. The number of β-amino-alcohol motifs (C(OH)–C–C–N with tert-alkyl or cyclic N) is 1. The number of anilines is 1. The molecule has 0 radical (unpaired) electrons. The summed E-state index contributed by atoms with van der Waals surface area (Å²) in [7, 11) is 3.50. The first kappa shape index (κ1) is 22.7. The zero-order valence-corrected chi connectivity index (χ0v) is 19.7. The first-order chi connectivity index (χ1) is 15.7. The molecule has 4 rings (SSSR count). The number of hydrogen-bond acceptors (Lipinski definition) is 7. The van der Waals surface area contributed by atoms with Crippen molar-refractivity contribution < 1.29 is 14.6 Å². The molecule has 2 N–H and O–H groups in total.